The molecule has 1 atom stereocenters. The third-order valence-electron chi connectivity index (χ3n) is 3.02. The predicted molar refractivity (Wildman–Crippen MR) is 69.4 cm³/mol. The van der Waals surface area contributed by atoms with E-state index in [4.69, 9.17) is 5.11 Å². The van der Waals surface area contributed by atoms with Crippen LogP contribution in [0.3, 0.4) is 0 Å². The van der Waals surface area contributed by atoms with Crippen molar-refractivity contribution < 1.29 is 32.6 Å². The van der Waals surface area contributed by atoms with Crippen molar-refractivity contribution in [2.75, 3.05) is 0 Å². The van der Waals surface area contributed by atoms with Crippen molar-refractivity contribution in [3.05, 3.63) is 59.4 Å². The molecule has 0 radical (unpaired) electrons. The molecule has 2 rings (SSSR count). The lowest BCUT2D eigenvalue weighted by atomic mass is 9.97. The highest BCUT2D eigenvalue weighted by molar-refractivity contribution is 5.76. The van der Waals surface area contributed by atoms with Gasteiger partial charge in [-0.05, 0) is 35.4 Å². The molecule has 0 saturated heterocycles. The van der Waals surface area contributed by atoms with Gasteiger partial charge in [-0.3, -0.25) is 0 Å². The van der Waals surface area contributed by atoms with Crippen molar-refractivity contribution in [3.63, 3.8) is 0 Å². The highest BCUT2D eigenvalue weighted by Gasteiger charge is 2.32. The molecule has 0 heterocycles. The first kappa shape index (κ1) is 16.0. The molecule has 0 bridgehead atoms. The average molecular weight is 314 g/mol. The van der Waals surface area contributed by atoms with Crippen molar-refractivity contribution in [1.29, 1.82) is 0 Å². The van der Waals surface area contributed by atoms with E-state index in [0.29, 0.717) is 12.1 Å². The van der Waals surface area contributed by atoms with Gasteiger partial charge in [0.05, 0.1) is 5.56 Å². The van der Waals surface area contributed by atoms with Crippen LogP contribution in [0, 0.1) is 5.82 Å². The summed E-state index contributed by atoms with van der Waals surface area (Å²) < 4.78 is 52.5. The first-order valence-corrected chi connectivity index (χ1v) is 6.08. The van der Waals surface area contributed by atoms with Crippen LogP contribution in [0.25, 0.3) is 11.1 Å². The van der Waals surface area contributed by atoms with Gasteiger partial charge in [0.1, 0.15) is 5.82 Å². The van der Waals surface area contributed by atoms with E-state index < -0.39 is 35.2 Å². The molecule has 0 aromatic heterocycles. The molecule has 3 nitrogen and oxygen atoms in total. The van der Waals surface area contributed by atoms with Crippen molar-refractivity contribution in [3.8, 4) is 11.1 Å². The van der Waals surface area contributed by atoms with Gasteiger partial charge in [-0.2, -0.15) is 13.2 Å². The molecule has 116 valence electrons. The second kappa shape index (κ2) is 5.76. The minimum atomic E-state index is -4.76. The normalized spacial score (nSPS) is 13.0. The standard InChI is InChI=1S/C15H10F4O3/c16-12-4-2-1-3-11(12)8-5-9(13(20)14(21)22)7-10(6-8)15(17,18)19/h1-7,13,20H,(H,21,22). The topological polar surface area (TPSA) is 57.5 Å². The lowest BCUT2D eigenvalue weighted by molar-refractivity contribution is -0.147. The molecule has 22 heavy (non-hydrogen) atoms. The number of hydrogen-bond acceptors (Lipinski definition) is 2. The van der Waals surface area contributed by atoms with Gasteiger partial charge in [0.15, 0.2) is 6.10 Å². The number of aliphatic hydroxyl groups excluding tert-OH is 1. The molecule has 0 fully saturated rings. The van der Waals surface area contributed by atoms with E-state index in [1.54, 1.807) is 0 Å². The van der Waals surface area contributed by atoms with Gasteiger partial charge in [0.25, 0.3) is 0 Å². The molecule has 0 saturated carbocycles. The maximum atomic E-state index is 13.7. The second-order valence-electron chi connectivity index (χ2n) is 4.56. The van der Waals surface area contributed by atoms with Crippen LogP contribution >= 0.6 is 0 Å². The first-order valence-electron chi connectivity index (χ1n) is 6.08. The molecule has 1 unspecified atom stereocenters. The fourth-order valence-corrected chi connectivity index (χ4v) is 1.97. The van der Waals surface area contributed by atoms with E-state index in [1.807, 2.05) is 0 Å². The summed E-state index contributed by atoms with van der Waals surface area (Å²) in [5, 5.41) is 18.2. The van der Waals surface area contributed by atoms with Crippen LogP contribution in [0.2, 0.25) is 0 Å². The van der Waals surface area contributed by atoms with Crippen molar-refractivity contribution >= 4 is 5.97 Å². The second-order valence-corrected chi connectivity index (χ2v) is 4.56. The number of rotatable bonds is 3. The Labute approximate surface area is 122 Å². The van der Waals surface area contributed by atoms with E-state index in [1.165, 1.54) is 18.2 Å². The molecule has 0 amide bonds. The third kappa shape index (κ3) is 3.25. The number of halogens is 4. The van der Waals surface area contributed by atoms with E-state index in [9.17, 15) is 27.5 Å². The molecule has 2 N–H and O–H groups in total. The smallest absolute Gasteiger partial charge is 0.416 e. The molecule has 0 aliphatic rings. The SMILES string of the molecule is O=C(O)C(O)c1cc(-c2ccccc2F)cc(C(F)(F)F)c1. The van der Waals surface area contributed by atoms with Gasteiger partial charge in [-0.1, -0.05) is 18.2 Å². The lowest BCUT2D eigenvalue weighted by Gasteiger charge is -2.14. The number of alkyl halides is 3. The summed E-state index contributed by atoms with van der Waals surface area (Å²) >= 11 is 0. The summed E-state index contributed by atoms with van der Waals surface area (Å²) in [6.07, 6.45) is -6.89. The van der Waals surface area contributed by atoms with E-state index in [-0.39, 0.29) is 11.1 Å². The average Bonchev–Trinajstić information content (AvgIpc) is 2.45. The number of carboxylic acids is 1. The largest absolute Gasteiger partial charge is 0.479 e. The zero-order chi connectivity index (χ0) is 16.5. The van der Waals surface area contributed by atoms with Crippen molar-refractivity contribution in [2.45, 2.75) is 12.3 Å². The van der Waals surface area contributed by atoms with Crippen LogP contribution in [-0.4, -0.2) is 16.2 Å². The number of aliphatic carboxylic acids is 1. The highest BCUT2D eigenvalue weighted by atomic mass is 19.4. The number of benzene rings is 2. The quantitative estimate of drug-likeness (QED) is 0.851. The Balaban J connectivity index is 2.67. The fourth-order valence-electron chi connectivity index (χ4n) is 1.97. The maximum Gasteiger partial charge on any atom is 0.416 e. The molecule has 2 aromatic rings. The van der Waals surface area contributed by atoms with E-state index in [0.717, 1.165) is 12.1 Å². The Morgan fingerprint density at radius 3 is 2.27 bits per heavy atom. The molecule has 0 spiro atoms. The third-order valence-corrected chi connectivity index (χ3v) is 3.02. The zero-order valence-corrected chi connectivity index (χ0v) is 10.9. The Morgan fingerprint density at radius 1 is 1.09 bits per heavy atom. The summed E-state index contributed by atoms with van der Waals surface area (Å²) in [4.78, 5) is 10.8. The van der Waals surface area contributed by atoms with Gasteiger partial charge in [0, 0.05) is 5.56 Å². The minimum Gasteiger partial charge on any atom is -0.479 e. The summed E-state index contributed by atoms with van der Waals surface area (Å²) in [6, 6.07) is 7.40. The number of carbonyl (C=O) groups is 1. The summed E-state index contributed by atoms with van der Waals surface area (Å²) in [5.74, 6) is -2.45. The van der Waals surface area contributed by atoms with Gasteiger partial charge in [0.2, 0.25) is 0 Å². The Morgan fingerprint density at radius 2 is 1.73 bits per heavy atom. The van der Waals surface area contributed by atoms with E-state index in [2.05, 4.69) is 0 Å². The number of aliphatic hydroxyl groups is 1. The molecular weight excluding hydrogens is 304 g/mol. The van der Waals surface area contributed by atoms with Crippen LogP contribution < -0.4 is 0 Å². The molecule has 0 aliphatic heterocycles. The monoisotopic (exact) mass is 314 g/mol. The van der Waals surface area contributed by atoms with Gasteiger partial charge >= 0.3 is 12.1 Å². The predicted octanol–water partition coefficient (Wildman–Crippen LogP) is 3.63. The van der Waals surface area contributed by atoms with Crippen LogP contribution in [-0.2, 0) is 11.0 Å². The summed E-state index contributed by atoms with van der Waals surface area (Å²) in [7, 11) is 0. The van der Waals surface area contributed by atoms with Crippen molar-refractivity contribution in [1.82, 2.24) is 0 Å². The number of carboxylic acid groups (broad SMARTS) is 1. The van der Waals surface area contributed by atoms with Gasteiger partial charge in [-0.25, -0.2) is 9.18 Å². The van der Waals surface area contributed by atoms with Crippen LogP contribution in [0.5, 0.6) is 0 Å². The molecule has 0 aliphatic carbocycles. The molecule has 2 aromatic carbocycles. The van der Waals surface area contributed by atoms with Crippen molar-refractivity contribution in [2.24, 2.45) is 0 Å². The summed E-state index contributed by atoms with van der Waals surface area (Å²) in [5.41, 5.74) is -1.92. The molecular formula is C15H10F4O3. The number of hydrogen-bond donors (Lipinski definition) is 2. The zero-order valence-electron chi connectivity index (χ0n) is 10.9. The van der Waals surface area contributed by atoms with Gasteiger partial charge < -0.3 is 10.2 Å². The van der Waals surface area contributed by atoms with Gasteiger partial charge in [-0.15, -0.1) is 0 Å². The van der Waals surface area contributed by atoms with Crippen LogP contribution in [0.15, 0.2) is 42.5 Å². The lowest BCUT2D eigenvalue weighted by Crippen LogP contribution is -2.13. The first-order chi connectivity index (χ1) is 10.2. The molecule has 7 heteroatoms. The fraction of sp³-hybridized carbons (Fsp3) is 0.133. The van der Waals surface area contributed by atoms with E-state index >= 15 is 0 Å². The maximum absolute atomic E-state index is 13.7. The summed E-state index contributed by atoms with van der Waals surface area (Å²) in [6.45, 7) is 0. The van der Waals surface area contributed by atoms with Crippen LogP contribution in [0.4, 0.5) is 17.6 Å². The Hall–Kier alpha value is -2.41. The highest BCUT2D eigenvalue weighted by Crippen LogP contribution is 2.35. The Kier molecular flexibility index (Phi) is 4.18. The van der Waals surface area contributed by atoms with Crippen LogP contribution in [0.1, 0.15) is 17.2 Å². The Bertz CT molecular complexity index is 710. The minimum absolute atomic E-state index is 0.118.